The summed E-state index contributed by atoms with van der Waals surface area (Å²) in [7, 11) is 0. The van der Waals surface area contributed by atoms with Gasteiger partial charge in [0.2, 0.25) is 5.78 Å². The Kier molecular flexibility index (Phi) is 7.26. The van der Waals surface area contributed by atoms with Gasteiger partial charge in [-0.1, -0.05) is 40.7 Å². The lowest BCUT2D eigenvalue weighted by Gasteiger charge is -2.64. The Morgan fingerprint density at radius 2 is 1.76 bits per heavy atom. The van der Waals surface area contributed by atoms with Crippen LogP contribution in [-0.4, -0.2) is 57.2 Å². The van der Waals surface area contributed by atoms with Gasteiger partial charge in [0.25, 0.3) is 0 Å². The molecule has 37 heavy (non-hydrogen) atoms. The molecule has 3 fully saturated rings. The van der Waals surface area contributed by atoms with E-state index in [1.54, 1.807) is 19.9 Å². The van der Waals surface area contributed by atoms with Crippen molar-refractivity contribution >= 4 is 46.7 Å². The summed E-state index contributed by atoms with van der Waals surface area (Å²) in [5.74, 6) is -2.71. The van der Waals surface area contributed by atoms with Gasteiger partial charge >= 0.3 is 11.9 Å². The first kappa shape index (κ1) is 28.3. The zero-order valence-corrected chi connectivity index (χ0v) is 23.5. The number of rotatable bonds is 6. The lowest BCUT2D eigenvalue weighted by atomic mass is 9.45. The second-order valence-corrected chi connectivity index (χ2v) is 12.6. The predicted molar refractivity (Wildman–Crippen MR) is 138 cm³/mol. The van der Waals surface area contributed by atoms with Gasteiger partial charge in [-0.3, -0.25) is 19.2 Å². The fraction of sp³-hybridized carbons (Fsp3) is 0.714. The van der Waals surface area contributed by atoms with Gasteiger partial charge in [0.05, 0.1) is 16.4 Å². The molecule has 0 spiro atoms. The minimum atomic E-state index is -1.60. The molecular formula is C28H36Cl2O7. The summed E-state index contributed by atoms with van der Waals surface area (Å²) in [5.41, 5.74) is -2.78. The van der Waals surface area contributed by atoms with Gasteiger partial charge < -0.3 is 14.6 Å². The topological polar surface area (TPSA) is 107 Å². The molecule has 4 aliphatic carbocycles. The first-order valence-electron chi connectivity index (χ1n) is 13.1. The van der Waals surface area contributed by atoms with Crippen molar-refractivity contribution in [1.29, 1.82) is 0 Å². The summed E-state index contributed by atoms with van der Waals surface area (Å²) in [5, 5.41) is 11.3. The highest BCUT2D eigenvalue weighted by atomic mass is 35.5. The third-order valence-corrected chi connectivity index (χ3v) is 11.1. The van der Waals surface area contributed by atoms with Gasteiger partial charge in [0, 0.05) is 29.6 Å². The van der Waals surface area contributed by atoms with Crippen LogP contribution in [0.1, 0.15) is 66.7 Å². The third kappa shape index (κ3) is 3.78. The van der Waals surface area contributed by atoms with Crippen molar-refractivity contribution in [3.63, 3.8) is 0 Å². The highest BCUT2D eigenvalue weighted by molar-refractivity contribution is 6.28. The van der Waals surface area contributed by atoms with E-state index in [2.05, 4.69) is 0 Å². The zero-order chi connectivity index (χ0) is 27.6. The number of halogens is 2. The van der Waals surface area contributed by atoms with Crippen LogP contribution in [-0.2, 0) is 28.7 Å². The number of aliphatic hydroxyl groups is 1. The molecule has 3 saturated carbocycles. The van der Waals surface area contributed by atoms with Crippen LogP contribution in [0, 0.1) is 28.6 Å². The molecule has 4 rings (SSSR count). The van der Waals surface area contributed by atoms with Gasteiger partial charge in [-0.05, 0) is 48.8 Å². The zero-order valence-electron chi connectivity index (χ0n) is 22.0. The number of Topliss-reactive ketones (excluding diaryl/α,β-unsaturated/α-hetero) is 1. The van der Waals surface area contributed by atoms with Crippen molar-refractivity contribution in [3.05, 3.63) is 23.8 Å². The second kappa shape index (κ2) is 9.49. The number of hydrogen-bond donors (Lipinski definition) is 1. The minimum absolute atomic E-state index is 0.0669. The van der Waals surface area contributed by atoms with Crippen molar-refractivity contribution < 1.29 is 33.8 Å². The van der Waals surface area contributed by atoms with E-state index in [9.17, 15) is 24.3 Å². The molecule has 9 heteroatoms. The lowest BCUT2D eigenvalue weighted by Crippen LogP contribution is -2.70. The van der Waals surface area contributed by atoms with Gasteiger partial charge in [-0.25, -0.2) is 0 Å². The molecule has 1 N–H and O–H groups in total. The van der Waals surface area contributed by atoms with Crippen molar-refractivity contribution in [2.45, 2.75) is 88.7 Å². The molecule has 0 unspecified atom stereocenters. The number of allylic oxidation sites excluding steroid dienone is 4. The van der Waals surface area contributed by atoms with Crippen molar-refractivity contribution in [3.8, 4) is 0 Å². The fourth-order valence-electron chi connectivity index (χ4n) is 8.00. The third-order valence-electron chi connectivity index (χ3n) is 9.80. The Morgan fingerprint density at radius 1 is 1.11 bits per heavy atom. The molecule has 7 nitrogen and oxygen atoms in total. The van der Waals surface area contributed by atoms with E-state index in [1.807, 2.05) is 20.8 Å². The van der Waals surface area contributed by atoms with Crippen LogP contribution in [0.4, 0.5) is 0 Å². The van der Waals surface area contributed by atoms with E-state index in [1.165, 1.54) is 12.2 Å². The molecule has 0 bridgehead atoms. The molecule has 0 heterocycles. The van der Waals surface area contributed by atoms with E-state index >= 15 is 0 Å². The van der Waals surface area contributed by atoms with Gasteiger partial charge in [0.1, 0.15) is 0 Å². The molecule has 0 aliphatic heterocycles. The van der Waals surface area contributed by atoms with E-state index in [0.29, 0.717) is 18.4 Å². The number of aliphatic hydroxyl groups excluding tert-OH is 1. The Labute approximate surface area is 227 Å². The van der Waals surface area contributed by atoms with Crippen LogP contribution in [0.2, 0.25) is 0 Å². The maximum atomic E-state index is 13.9. The summed E-state index contributed by atoms with van der Waals surface area (Å²) in [4.78, 5) is 49.5. The van der Waals surface area contributed by atoms with Gasteiger partial charge in [0.15, 0.2) is 18.0 Å². The Bertz CT molecular complexity index is 1080. The van der Waals surface area contributed by atoms with Crippen molar-refractivity contribution in [1.82, 2.24) is 0 Å². The van der Waals surface area contributed by atoms with Crippen LogP contribution in [0.3, 0.4) is 0 Å². The Hall–Kier alpha value is -1.70. The monoisotopic (exact) mass is 554 g/mol. The normalized spacial score (nSPS) is 44.3. The largest absolute Gasteiger partial charge is 0.457 e. The molecule has 0 aromatic heterocycles. The van der Waals surface area contributed by atoms with Crippen LogP contribution in [0.15, 0.2) is 23.8 Å². The number of fused-ring (bicyclic) bond motifs is 5. The number of ketones is 2. The first-order valence-corrected chi connectivity index (χ1v) is 13.9. The number of ether oxygens (including phenoxy) is 2. The second-order valence-electron chi connectivity index (χ2n) is 11.5. The lowest BCUT2D eigenvalue weighted by molar-refractivity contribution is -0.203. The number of hydrogen-bond acceptors (Lipinski definition) is 7. The maximum Gasteiger partial charge on any atom is 0.306 e. The molecule has 4 aliphatic rings. The summed E-state index contributed by atoms with van der Waals surface area (Å²) in [6.45, 7) is 8.41. The highest BCUT2D eigenvalue weighted by Gasteiger charge is 2.77. The van der Waals surface area contributed by atoms with Gasteiger partial charge in [-0.15, -0.1) is 23.2 Å². The maximum absolute atomic E-state index is 13.9. The van der Waals surface area contributed by atoms with Crippen molar-refractivity contribution in [2.75, 3.05) is 6.61 Å². The van der Waals surface area contributed by atoms with E-state index in [-0.39, 0.29) is 36.9 Å². The van der Waals surface area contributed by atoms with E-state index in [4.69, 9.17) is 32.7 Å². The molecule has 204 valence electrons. The molecule has 0 aromatic carbocycles. The average Bonchev–Trinajstić information content (AvgIpc) is 3.07. The Morgan fingerprint density at radius 3 is 2.38 bits per heavy atom. The first-order chi connectivity index (χ1) is 17.2. The summed E-state index contributed by atoms with van der Waals surface area (Å²) in [6.07, 6.45) is 4.81. The van der Waals surface area contributed by atoms with Gasteiger partial charge in [-0.2, -0.15) is 0 Å². The summed E-state index contributed by atoms with van der Waals surface area (Å²) >= 11 is 14.4. The fourth-order valence-corrected chi connectivity index (χ4v) is 8.97. The minimum Gasteiger partial charge on any atom is -0.457 e. The van der Waals surface area contributed by atoms with Crippen LogP contribution in [0.5, 0.6) is 0 Å². The number of carbonyl (C=O) groups excluding carboxylic acids is 4. The molecule has 0 saturated heterocycles. The number of carbonyl (C=O) groups is 4. The van der Waals surface area contributed by atoms with Crippen LogP contribution >= 0.6 is 23.2 Å². The standard InChI is InChI=1S/C28H36Cl2O7/c1-6-23(34)36-14-22(33)28(37-24(35)7-2)15(3)10-17-18-12-20(29)19-11-16(31)8-9-25(19,4)27(18,30)21(32)13-26(17,28)5/h8-9,11,15,17-18,20-21,32H,6-7,10,12-14H2,1-5H3/t15-,17-,18-,20+,21-,25-,26-,27-,28-/m0/s1. The average molecular weight is 555 g/mol. The smallest absolute Gasteiger partial charge is 0.306 e. The molecule has 9 atom stereocenters. The Balaban J connectivity index is 1.83. The molecule has 0 amide bonds. The van der Waals surface area contributed by atoms with Crippen LogP contribution < -0.4 is 0 Å². The molecule has 0 radical (unpaired) electrons. The summed E-state index contributed by atoms with van der Waals surface area (Å²) in [6, 6.07) is 0. The van der Waals surface area contributed by atoms with E-state index < -0.39 is 63.0 Å². The summed E-state index contributed by atoms with van der Waals surface area (Å²) < 4.78 is 11.3. The molecule has 0 aromatic rings. The van der Waals surface area contributed by atoms with E-state index in [0.717, 1.165) is 0 Å². The number of esters is 2. The van der Waals surface area contributed by atoms with Crippen LogP contribution in [0.25, 0.3) is 0 Å². The molecular weight excluding hydrogens is 519 g/mol. The predicted octanol–water partition coefficient (Wildman–Crippen LogP) is 4.30. The quantitative estimate of drug-likeness (QED) is 0.385. The number of alkyl halides is 2. The van der Waals surface area contributed by atoms with Crippen molar-refractivity contribution in [2.24, 2.45) is 28.6 Å². The SMILES string of the molecule is CCC(=O)OCC(=O)[C@@]1(OC(=O)CC)[C@@H](C)C[C@H]2[C@@H]3C[C@@H](Cl)C4=CC(=O)C=C[C@]4(C)[C@@]3(Cl)[C@@H](O)C[C@@]21C. The highest BCUT2D eigenvalue weighted by Crippen LogP contribution is 2.72.